The average Bonchev–Trinajstić information content (AvgIpc) is 2.44. The van der Waals surface area contributed by atoms with Gasteiger partial charge in [-0.2, -0.15) is 0 Å². The minimum atomic E-state index is 0.440. The fourth-order valence-corrected chi connectivity index (χ4v) is 1.96. The third-order valence-electron chi connectivity index (χ3n) is 2.72. The number of aromatic nitrogens is 2. The summed E-state index contributed by atoms with van der Waals surface area (Å²) in [4.78, 5) is 8.53. The van der Waals surface area contributed by atoms with Crippen LogP contribution >= 0.6 is 11.6 Å². The first kappa shape index (κ1) is 14.8. The van der Waals surface area contributed by atoms with E-state index in [0.717, 1.165) is 24.2 Å². The number of nitrogens with zero attached hydrogens (tertiary/aromatic N) is 2. The van der Waals surface area contributed by atoms with Gasteiger partial charge in [0, 0.05) is 6.54 Å². The van der Waals surface area contributed by atoms with Gasteiger partial charge in [-0.25, -0.2) is 4.98 Å². The van der Waals surface area contributed by atoms with E-state index in [1.807, 2.05) is 25.1 Å². The molecular weight excluding hydrogens is 274 g/mol. The number of benzene rings is 1. The van der Waals surface area contributed by atoms with Crippen LogP contribution in [0.1, 0.15) is 24.6 Å². The summed E-state index contributed by atoms with van der Waals surface area (Å²) in [6.07, 6.45) is 4.42. The fourth-order valence-electron chi connectivity index (χ4n) is 1.68. The molecule has 2 rings (SSSR count). The molecule has 0 amide bonds. The second-order valence-electron chi connectivity index (χ2n) is 4.56. The van der Waals surface area contributed by atoms with Crippen molar-refractivity contribution in [2.75, 3.05) is 6.54 Å². The van der Waals surface area contributed by atoms with Crippen LogP contribution in [-0.4, -0.2) is 16.5 Å². The highest BCUT2D eigenvalue weighted by Gasteiger charge is 2.05. The summed E-state index contributed by atoms with van der Waals surface area (Å²) >= 11 is 6.11. The van der Waals surface area contributed by atoms with Crippen molar-refractivity contribution in [1.82, 2.24) is 15.3 Å². The highest BCUT2D eigenvalue weighted by molar-refractivity contribution is 6.32. The van der Waals surface area contributed by atoms with E-state index in [2.05, 4.69) is 22.2 Å². The number of aryl methyl sites for hydroxylation is 1. The molecule has 5 heteroatoms. The van der Waals surface area contributed by atoms with Gasteiger partial charge in [0.2, 0.25) is 5.88 Å². The Morgan fingerprint density at radius 3 is 2.75 bits per heavy atom. The Bertz CT molecular complexity index is 558. The Hall–Kier alpha value is -1.65. The average molecular weight is 292 g/mol. The van der Waals surface area contributed by atoms with Crippen LogP contribution in [0.3, 0.4) is 0 Å². The van der Waals surface area contributed by atoms with Crippen molar-refractivity contribution < 1.29 is 4.74 Å². The summed E-state index contributed by atoms with van der Waals surface area (Å²) in [5.74, 6) is 1.03. The van der Waals surface area contributed by atoms with E-state index in [4.69, 9.17) is 16.3 Å². The van der Waals surface area contributed by atoms with Crippen LogP contribution in [0.15, 0.2) is 30.6 Å². The summed E-state index contributed by atoms with van der Waals surface area (Å²) < 4.78 is 5.62. The Labute approximate surface area is 124 Å². The van der Waals surface area contributed by atoms with Gasteiger partial charge in [0.25, 0.3) is 0 Å². The minimum absolute atomic E-state index is 0.440. The van der Waals surface area contributed by atoms with Gasteiger partial charge in [0.1, 0.15) is 5.75 Å². The van der Waals surface area contributed by atoms with Crippen LogP contribution in [0.2, 0.25) is 5.02 Å². The largest absolute Gasteiger partial charge is 0.436 e. The topological polar surface area (TPSA) is 47.0 Å². The predicted molar refractivity (Wildman–Crippen MR) is 80.3 cm³/mol. The van der Waals surface area contributed by atoms with E-state index in [-0.39, 0.29) is 0 Å². The van der Waals surface area contributed by atoms with Crippen LogP contribution in [0.5, 0.6) is 11.6 Å². The van der Waals surface area contributed by atoms with Crippen LogP contribution < -0.4 is 10.1 Å². The van der Waals surface area contributed by atoms with Crippen LogP contribution in [0.4, 0.5) is 0 Å². The maximum absolute atomic E-state index is 6.11. The summed E-state index contributed by atoms with van der Waals surface area (Å²) in [6, 6.07) is 5.63. The molecule has 106 valence electrons. The zero-order chi connectivity index (χ0) is 14.4. The van der Waals surface area contributed by atoms with Gasteiger partial charge >= 0.3 is 0 Å². The zero-order valence-corrected chi connectivity index (χ0v) is 12.4. The second kappa shape index (κ2) is 7.22. The van der Waals surface area contributed by atoms with E-state index in [9.17, 15) is 0 Å². The molecule has 0 atom stereocenters. The number of halogens is 1. The number of hydrogen-bond acceptors (Lipinski definition) is 4. The lowest BCUT2D eigenvalue weighted by atomic mass is 10.2. The molecule has 0 spiro atoms. The Kier molecular flexibility index (Phi) is 5.32. The third kappa shape index (κ3) is 4.18. The highest BCUT2D eigenvalue weighted by atomic mass is 35.5. The van der Waals surface area contributed by atoms with Crippen molar-refractivity contribution >= 4 is 11.6 Å². The second-order valence-corrected chi connectivity index (χ2v) is 4.97. The van der Waals surface area contributed by atoms with Crippen molar-refractivity contribution in [3.63, 3.8) is 0 Å². The van der Waals surface area contributed by atoms with Crippen molar-refractivity contribution in [1.29, 1.82) is 0 Å². The molecule has 0 saturated carbocycles. The first-order valence-corrected chi connectivity index (χ1v) is 7.02. The van der Waals surface area contributed by atoms with Crippen molar-refractivity contribution in [3.05, 3.63) is 46.9 Å². The molecule has 0 saturated heterocycles. The normalized spacial score (nSPS) is 10.6. The number of hydrogen-bond donors (Lipinski definition) is 1. The van der Waals surface area contributed by atoms with E-state index in [1.165, 1.54) is 0 Å². The number of ether oxygens (including phenoxy) is 1. The van der Waals surface area contributed by atoms with Gasteiger partial charge in [-0.3, -0.25) is 4.98 Å². The van der Waals surface area contributed by atoms with Crippen LogP contribution in [0, 0.1) is 6.92 Å². The lowest BCUT2D eigenvalue weighted by Crippen LogP contribution is -2.14. The molecule has 4 nitrogen and oxygen atoms in total. The predicted octanol–water partition coefficient (Wildman–Crippen LogP) is 3.73. The maximum atomic E-state index is 6.11. The lowest BCUT2D eigenvalue weighted by Gasteiger charge is -2.07. The zero-order valence-electron chi connectivity index (χ0n) is 11.7. The van der Waals surface area contributed by atoms with Crippen molar-refractivity contribution in [2.24, 2.45) is 0 Å². The molecule has 1 N–H and O–H groups in total. The van der Waals surface area contributed by atoms with E-state index in [1.54, 1.807) is 12.4 Å². The number of nitrogens with one attached hydrogen (secondary N) is 1. The summed E-state index contributed by atoms with van der Waals surface area (Å²) in [6.45, 7) is 5.79. The quantitative estimate of drug-likeness (QED) is 0.824. The van der Waals surface area contributed by atoms with Gasteiger partial charge in [-0.05, 0) is 37.6 Å². The molecule has 0 aliphatic rings. The van der Waals surface area contributed by atoms with Crippen molar-refractivity contribution in [2.45, 2.75) is 26.8 Å². The molecule has 20 heavy (non-hydrogen) atoms. The van der Waals surface area contributed by atoms with E-state index < -0.39 is 0 Å². The maximum Gasteiger partial charge on any atom is 0.237 e. The van der Waals surface area contributed by atoms with Gasteiger partial charge in [0.05, 0.1) is 23.1 Å². The SMILES string of the molecule is CCCNCc1cnc(Oc2ccc(C)cc2Cl)cn1. The summed E-state index contributed by atoms with van der Waals surface area (Å²) in [7, 11) is 0. The molecule has 1 aromatic heterocycles. The third-order valence-corrected chi connectivity index (χ3v) is 3.01. The first-order valence-electron chi connectivity index (χ1n) is 6.64. The lowest BCUT2D eigenvalue weighted by molar-refractivity contribution is 0.459. The first-order chi connectivity index (χ1) is 9.69. The standard InChI is InChI=1S/C15H18ClN3O/c1-3-6-17-8-12-9-19-15(10-18-12)20-14-5-4-11(2)7-13(14)16/h4-5,7,9-10,17H,3,6,8H2,1-2H3. The minimum Gasteiger partial charge on any atom is -0.436 e. The van der Waals surface area contributed by atoms with Gasteiger partial charge < -0.3 is 10.1 Å². The monoisotopic (exact) mass is 291 g/mol. The fraction of sp³-hybridized carbons (Fsp3) is 0.333. The van der Waals surface area contributed by atoms with Gasteiger partial charge in [0.15, 0.2) is 0 Å². The molecule has 0 aliphatic carbocycles. The molecule has 0 fully saturated rings. The summed E-state index contributed by atoms with van der Waals surface area (Å²) in [5, 5.41) is 3.84. The Morgan fingerprint density at radius 1 is 1.25 bits per heavy atom. The number of rotatable bonds is 6. The van der Waals surface area contributed by atoms with Crippen LogP contribution in [-0.2, 0) is 6.54 Å². The molecule has 2 aromatic rings. The smallest absolute Gasteiger partial charge is 0.237 e. The molecule has 0 aliphatic heterocycles. The van der Waals surface area contributed by atoms with Gasteiger partial charge in [-0.1, -0.05) is 24.6 Å². The highest BCUT2D eigenvalue weighted by Crippen LogP contribution is 2.28. The van der Waals surface area contributed by atoms with E-state index >= 15 is 0 Å². The van der Waals surface area contributed by atoms with Crippen LogP contribution in [0.25, 0.3) is 0 Å². The molecule has 0 bridgehead atoms. The Balaban J connectivity index is 1.99. The Morgan fingerprint density at radius 2 is 2.10 bits per heavy atom. The molecule has 1 heterocycles. The van der Waals surface area contributed by atoms with Crippen molar-refractivity contribution in [3.8, 4) is 11.6 Å². The van der Waals surface area contributed by atoms with Gasteiger partial charge in [-0.15, -0.1) is 0 Å². The molecule has 1 aromatic carbocycles. The molecule has 0 unspecified atom stereocenters. The molecular formula is C15H18ClN3O. The summed E-state index contributed by atoms with van der Waals surface area (Å²) in [5.41, 5.74) is 1.98. The molecule has 0 radical (unpaired) electrons. The van der Waals surface area contributed by atoms with E-state index in [0.29, 0.717) is 23.2 Å².